The molecule has 1 aliphatic rings. The molecule has 3 rings (SSSR count). The molecule has 1 aromatic heterocycles. The maximum Gasteiger partial charge on any atom is 0.179 e. The summed E-state index contributed by atoms with van der Waals surface area (Å²) in [5.74, 6) is -0.291. The van der Waals surface area contributed by atoms with Crippen molar-refractivity contribution in [1.82, 2.24) is 10.3 Å². The third kappa shape index (κ3) is 1.93. The van der Waals surface area contributed by atoms with Crippen LogP contribution in [0.1, 0.15) is 28.9 Å². The van der Waals surface area contributed by atoms with Gasteiger partial charge in [0.1, 0.15) is 5.82 Å². The predicted octanol–water partition coefficient (Wildman–Crippen LogP) is 2.55. The number of hydrogen-bond acceptors (Lipinski definition) is 2. The molecule has 0 spiro atoms. The fourth-order valence-electron chi connectivity index (χ4n) is 2.28. The van der Waals surface area contributed by atoms with Crippen LogP contribution in [0.4, 0.5) is 4.39 Å². The summed E-state index contributed by atoms with van der Waals surface area (Å²) in [4.78, 5) is 15.1. The first kappa shape index (κ1) is 11.4. The Morgan fingerprint density at radius 2 is 2.28 bits per heavy atom. The molecule has 0 bridgehead atoms. The van der Waals surface area contributed by atoms with Crippen molar-refractivity contribution in [2.24, 2.45) is 0 Å². The van der Waals surface area contributed by atoms with Crippen molar-refractivity contribution in [2.45, 2.75) is 25.8 Å². The van der Waals surface area contributed by atoms with Crippen LogP contribution in [0.15, 0.2) is 18.2 Å². The fraction of sp³-hybridized carbons (Fsp3) is 0.357. The van der Waals surface area contributed by atoms with Gasteiger partial charge >= 0.3 is 0 Å². The summed E-state index contributed by atoms with van der Waals surface area (Å²) in [5.41, 5.74) is 1.76. The van der Waals surface area contributed by atoms with Gasteiger partial charge in [0.05, 0.1) is 12.1 Å². The molecular weight excluding hydrogens is 231 g/mol. The van der Waals surface area contributed by atoms with Crippen LogP contribution in [0, 0.1) is 12.7 Å². The number of carbonyl (C=O) groups is 1. The molecule has 0 atom stereocenters. The summed E-state index contributed by atoms with van der Waals surface area (Å²) < 4.78 is 13.6. The van der Waals surface area contributed by atoms with Crippen molar-refractivity contribution < 1.29 is 9.18 Å². The first-order valence-corrected chi connectivity index (χ1v) is 6.20. The first-order valence-electron chi connectivity index (χ1n) is 6.20. The van der Waals surface area contributed by atoms with Crippen molar-refractivity contribution in [2.75, 3.05) is 6.54 Å². The highest BCUT2D eigenvalue weighted by Gasteiger charge is 2.23. The quantitative estimate of drug-likeness (QED) is 0.814. The number of H-pyrrole nitrogens is 1. The SMILES string of the molecule is Cc1[nH]c2c(F)cccc2c1C(=O)CNC1CC1. The number of carbonyl (C=O) groups excluding carboxylic acids is 1. The van der Waals surface area contributed by atoms with Gasteiger partial charge in [-0.3, -0.25) is 4.79 Å². The van der Waals surface area contributed by atoms with Gasteiger partial charge in [-0.2, -0.15) is 0 Å². The van der Waals surface area contributed by atoms with Gasteiger partial charge < -0.3 is 10.3 Å². The number of para-hydroxylation sites is 1. The Bertz CT molecular complexity index is 614. The largest absolute Gasteiger partial charge is 0.356 e. The van der Waals surface area contributed by atoms with Crippen molar-refractivity contribution in [3.63, 3.8) is 0 Å². The number of fused-ring (bicyclic) bond motifs is 1. The van der Waals surface area contributed by atoms with Crippen LogP contribution in [0.3, 0.4) is 0 Å². The second-order valence-electron chi connectivity index (χ2n) is 4.87. The maximum absolute atomic E-state index is 13.6. The van der Waals surface area contributed by atoms with Gasteiger partial charge in [0.25, 0.3) is 0 Å². The van der Waals surface area contributed by atoms with E-state index in [1.807, 2.05) is 6.92 Å². The normalized spacial score (nSPS) is 15.2. The zero-order chi connectivity index (χ0) is 12.7. The minimum atomic E-state index is -0.315. The molecule has 0 unspecified atom stereocenters. The lowest BCUT2D eigenvalue weighted by atomic mass is 10.1. The highest BCUT2D eigenvalue weighted by Crippen LogP contribution is 2.25. The molecule has 3 nitrogen and oxygen atoms in total. The Morgan fingerprint density at radius 1 is 1.50 bits per heavy atom. The summed E-state index contributed by atoms with van der Waals surface area (Å²) in [6.07, 6.45) is 2.30. The van der Waals surface area contributed by atoms with Crippen LogP contribution in [-0.4, -0.2) is 23.4 Å². The molecule has 1 aromatic carbocycles. The number of benzene rings is 1. The van der Waals surface area contributed by atoms with Crippen LogP contribution in [0.25, 0.3) is 10.9 Å². The summed E-state index contributed by atoms with van der Waals surface area (Å²) in [7, 11) is 0. The highest BCUT2D eigenvalue weighted by atomic mass is 19.1. The van der Waals surface area contributed by atoms with Crippen LogP contribution in [0.5, 0.6) is 0 Å². The molecule has 0 aliphatic heterocycles. The Kier molecular flexibility index (Phi) is 2.67. The number of aryl methyl sites for hydroxylation is 1. The second kappa shape index (κ2) is 4.21. The van der Waals surface area contributed by atoms with E-state index in [2.05, 4.69) is 10.3 Å². The first-order chi connectivity index (χ1) is 8.66. The fourth-order valence-corrected chi connectivity index (χ4v) is 2.28. The molecule has 4 heteroatoms. The zero-order valence-corrected chi connectivity index (χ0v) is 10.2. The van der Waals surface area contributed by atoms with Crippen molar-refractivity contribution in [3.05, 3.63) is 35.3 Å². The maximum atomic E-state index is 13.6. The molecule has 1 heterocycles. The molecule has 2 aromatic rings. The highest BCUT2D eigenvalue weighted by molar-refractivity contribution is 6.10. The molecule has 1 fully saturated rings. The lowest BCUT2D eigenvalue weighted by Gasteiger charge is -2.02. The summed E-state index contributed by atoms with van der Waals surface area (Å²) >= 11 is 0. The molecule has 94 valence electrons. The van der Waals surface area contributed by atoms with E-state index in [-0.39, 0.29) is 11.6 Å². The number of Topliss-reactive ketones (excluding diaryl/α,β-unsaturated/α-hetero) is 1. The molecule has 1 aliphatic carbocycles. The van der Waals surface area contributed by atoms with Gasteiger partial charge in [-0.1, -0.05) is 12.1 Å². The van der Waals surface area contributed by atoms with E-state index < -0.39 is 0 Å². The lowest BCUT2D eigenvalue weighted by Crippen LogP contribution is -2.25. The number of halogens is 1. The second-order valence-corrected chi connectivity index (χ2v) is 4.87. The Labute approximate surface area is 104 Å². The molecule has 0 amide bonds. The lowest BCUT2D eigenvalue weighted by molar-refractivity contribution is 0.0991. The van der Waals surface area contributed by atoms with E-state index in [4.69, 9.17) is 0 Å². The summed E-state index contributed by atoms with van der Waals surface area (Å²) in [5, 5.41) is 3.87. The number of nitrogens with one attached hydrogen (secondary N) is 2. The summed E-state index contributed by atoms with van der Waals surface area (Å²) in [6.45, 7) is 2.14. The molecule has 0 radical (unpaired) electrons. The van der Waals surface area contributed by atoms with E-state index in [1.54, 1.807) is 12.1 Å². The zero-order valence-electron chi connectivity index (χ0n) is 10.2. The average Bonchev–Trinajstić information content (AvgIpc) is 3.09. The number of ketones is 1. The van der Waals surface area contributed by atoms with E-state index >= 15 is 0 Å². The molecule has 2 N–H and O–H groups in total. The van der Waals surface area contributed by atoms with Gasteiger partial charge in [-0.15, -0.1) is 0 Å². The van der Waals surface area contributed by atoms with Gasteiger partial charge in [0.2, 0.25) is 0 Å². The van der Waals surface area contributed by atoms with Gasteiger partial charge in [-0.25, -0.2) is 4.39 Å². The monoisotopic (exact) mass is 246 g/mol. The standard InChI is InChI=1S/C14H15FN2O/c1-8-13(12(18)7-16-9-5-6-9)10-3-2-4-11(15)14(10)17-8/h2-4,9,16-17H,5-7H2,1H3. The minimum Gasteiger partial charge on any atom is -0.356 e. The van der Waals surface area contributed by atoms with E-state index in [1.165, 1.54) is 6.07 Å². The predicted molar refractivity (Wildman–Crippen MR) is 68.3 cm³/mol. The van der Waals surface area contributed by atoms with Crippen LogP contribution >= 0.6 is 0 Å². The molecule has 1 saturated carbocycles. The molecule has 18 heavy (non-hydrogen) atoms. The van der Waals surface area contributed by atoms with Crippen molar-refractivity contribution in [3.8, 4) is 0 Å². The number of aromatic nitrogens is 1. The smallest absolute Gasteiger partial charge is 0.179 e. The third-order valence-corrected chi connectivity index (χ3v) is 3.38. The Balaban J connectivity index is 1.96. The van der Waals surface area contributed by atoms with E-state index in [9.17, 15) is 9.18 Å². The Morgan fingerprint density at radius 3 is 3.00 bits per heavy atom. The molecular formula is C14H15FN2O. The average molecular weight is 246 g/mol. The number of aromatic amines is 1. The third-order valence-electron chi connectivity index (χ3n) is 3.38. The van der Waals surface area contributed by atoms with Crippen LogP contribution < -0.4 is 5.32 Å². The minimum absolute atomic E-state index is 0.0243. The van der Waals surface area contributed by atoms with Gasteiger partial charge in [0, 0.05) is 22.7 Å². The molecule has 0 saturated heterocycles. The number of hydrogen-bond donors (Lipinski definition) is 2. The van der Waals surface area contributed by atoms with Crippen molar-refractivity contribution in [1.29, 1.82) is 0 Å². The Hall–Kier alpha value is -1.68. The van der Waals surface area contributed by atoms with E-state index in [0.717, 1.165) is 18.5 Å². The number of rotatable bonds is 4. The van der Waals surface area contributed by atoms with Gasteiger partial charge in [0.15, 0.2) is 5.78 Å². The van der Waals surface area contributed by atoms with E-state index in [0.29, 0.717) is 29.1 Å². The van der Waals surface area contributed by atoms with Crippen molar-refractivity contribution >= 4 is 16.7 Å². The van der Waals surface area contributed by atoms with Crippen LogP contribution in [0.2, 0.25) is 0 Å². The topological polar surface area (TPSA) is 44.9 Å². The summed E-state index contributed by atoms with van der Waals surface area (Å²) in [6, 6.07) is 5.31. The van der Waals surface area contributed by atoms with Crippen LogP contribution in [-0.2, 0) is 0 Å². The van der Waals surface area contributed by atoms with Gasteiger partial charge in [-0.05, 0) is 25.8 Å².